The summed E-state index contributed by atoms with van der Waals surface area (Å²) in [6.07, 6.45) is 0. The largest absolute Gasteiger partial charge is 0.505 e. The molecule has 0 atom stereocenters. The van der Waals surface area contributed by atoms with Crippen molar-refractivity contribution in [2.24, 2.45) is 0 Å². The molecule has 0 aliphatic carbocycles. The second kappa shape index (κ2) is 12.3. The van der Waals surface area contributed by atoms with Crippen molar-refractivity contribution in [3.8, 4) is 5.75 Å². The Morgan fingerprint density at radius 2 is 0.639 bits per heavy atom. The van der Waals surface area contributed by atoms with Gasteiger partial charge in [-0.25, -0.2) is 0 Å². The van der Waals surface area contributed by atoms with Crippen molar-refractivity contribution in [3.05, 3.63) is 126 Å². The van der Waals surface area contributed by atoms with Crippen molar-refractivity contribution < 1.29 is 5.11 Å². The zero-order valence-corrected chi connectivity index (χ0v) is 23.9. The quantitative estimate of drug-likeness (QED) is 0.189. The molecular formula is C30H21BrOS4. The Morgan fingerprint density at radius 1 is 0.389 bits per heavy atom. The van der Waals surface area contributed by atoms with Gasteiger partial charge in [-0.2, -0.15) is 0 Å². The van der Waals surface area contributed by atoms with Gasteiger partial charge in [0, 0.05) is 33.8 Å². The molecule has 0 bridgehead atoms. The van der Waals surface area contributed by atoms with Crippen LogP contribution in [0.3, 0.4) is 0 Å². The molecule has 0 aliphatic heterocycles. The first-order chi connectivity index (χ1) is 17.7. The Morgan fingerprint density at radius 3 is 0.917 bits per heavy atom. The Balaban J connectivity index is 1.70. The van der Waals surface area contributed by atoms with Gasteiger partial charge in [0.05, 0.1) is 9.79 Å². The summed E-state index contributed by atoms with van der Waals surface area (Å²) in [5, 5.41) is 11.9. The van der Waals surface area contributed by atoms with Gasteiger partial charge in [-0.1, -0.05) is 120 Å². The first-order valence-corrected chi connectivity index (χ1v) is 15.2. The van der Waals surface area contributed by atoms with Gasteiger partial charge in [0.15, 0.2) is 0 Å². The van der Waals surface area contributed by atoms with E-state index < -0.39 is 0 Å². The molecule has 0 saturated carbocycles. The predicted molar refractivity (Wildman–Crippen MR) is 158 cm³/mol. The van der Waals surface area contributed by atoms with Crippen molar-refractivity contribution in [1.29, 1.82) is 0 Å². The maximum atomic E-state index is 11.9. The summed E-state index contributed by atoms with van der Waals surface area (Å²) in [4.78, 5) is 8.09. The number of halogens is 1. The van der Waals surface area contributed by atoms with Crippen LogP contribution in [0.5, 0.6) is 5.75 Å². The monoisotopic (exact) mass is 604 g/mol. The fourth-order valence-corrected chi connectivity index (χ4v) is 8.86. The van der Waals surface area contributed by atoms with E-state index >= 15 is 0 Å². The molecule has 6 heteroatoms. The number of rotatable bonds is 8. The third-order valence-electron chi connectivity index (χ3n) is 5.09. The molecule has 0 spiro atoms. The molecule has 0 aromatic heterocycles. The average molecular weight is 606 g/mol. The van der Waals surface area contributed by atoms with Gasteiger partial charge < -0.3 is 5.11 Å². The van der Waals surface area contributed by atoms with Gasteiger partial charge in [0.2, 0.25) is 0 Å². The molecule has 0 amide bonds. The highest BCUT2D eigenvalue weighted by Gasteiger charge is 2.26. The SMILES string of the molecule is Oc1c(Sc2ccccc2)c(Sc2ccccc2)c(Br)c(Sc2ccccc2)c1Sc1ccccc1. The van der Waals surface area contributed by atoms with Crippen LogP contribution in [0.15, 0.2) is 165 Å². The van der Waals surface area contributed by atoms with E-state index in [1.54, 1.807) is 47.0 Å². The van der Waals surface area contributed by atoms with Crippen LogP contribution in [-0.4, -0.2) is 5.11 Å². The topological polar surface area (TPSA) is 20.2 Å². The third-order valence-corrected chi connectivity index (χ3v) is 11.1. The molecule has 0 radical (unpaired) electrons. The summed E-state index contributed by atoms with van der Waals surface area (Å²) in [6.45, 7) is 0. The standard InChI is InChI=1S/C30H21BrOS4/c31-25-27(33-21-13-5-1-6-14-21)29(35-23-17-9-3-10-18-23)26(32)30(36-24-19-11-4-12-20-24)28(25)34-22-15-7-2-8-16-22/h1-20,32H. The molecule has 0 saturated heterocycles. The highest BCUT2D eigenvalue weighted by atomic mass is 79.9. The summed E-state index contributed by atoms with van der Waals surface area (Å²) < 4.78 is 0.986. The van der Waals surface area contributed by atoms with Crippen LogP contribution in [0.1, 0.15) is 0 Å². The summed E-state index contributed by atoms with van der Waals surface area (Å²) in [6, 6.07) is 41.0. The van der Waals surface area contributed by atoms with E-state index in [1.807, 2.05) is 72.8 Å². The second-order valence-corrected chi connectivity index (χ2v) is 12.8. The number of aromatic hydroxyl groups is 1. The Bertz CT molecular complexity index is 1210. The number of hydrogen-bond acceptors (Lipinski definition) is 5. The molecule has 0 heterocycles. The highest BCUT2D eigenvalue weighted by molar-refractivity contribution is 9.10. The molecule has 1 N–H and O–H groups in total. The molecular weight excluding hydrogens is 585 g/mol. The summed E-state index contributed by atoms with van der Waals surface area (Å²) in [5.74, 6) is 0.303. The second-order valence-electron chi connectivity index (χ2n) is 7.64. The summed E-state index contributed by atoms with van der Waals surface area (Å²) >= 11 is 10.5. The van der Waals surface area contributed by atoms with Crippen LogP contribution in [-0.2, 0) is 0 Å². The zero-order chi connectivity index (χ0) is 24.7. The van der Waals surface area contributed by atoms with Crippen molar-refractivity contribution in [2.75, 3.05) is 0 Å². The number of phenols is 1. The Kier molecular flexibility index (Phi) is 8.72. The van der Waals surface area contributed by atoms with Crippen LogP contribution in [0.4, 0.5) is 0 Å². The molecule has 5 aromatic carbocycles. The average Bonchev–Trinajstić information content (AvgIpc) is 2.93. The van der Waals surface area contributed by atoms with E-state index in [0.29, 0.717) is 5.75 Å². The van der Waals surface area contributed by atoms with Crippen molar-refractivity contribution in [2.45, 2.75) is 39.2 Å². The zero-order valence-electron chi connectivity index (χ0n) is 19.0. The smallest absolute Gasteiger partial charge is 0.145 e. The normalized spacial score (nSPS) is 10.9. The Hall–Kier alpha value is -2.22. The van der Waals surface area contributed by atoms with E-state index in [2.05, 4.69) is 64.5 Å². The first kappa shape index (κ1) is 25.4. The van der Waals surface area contributed by atoms with Crippen molar-refractivity contribution in [3.63, 3.8) is 0 Å². The fraction of sp³-hybridized carbons (Fsp3) is 0. The number of benzene rings is 5. The van der Waals surface area contributed by atoms with Crippen LogP contribution >= 0.6 is 63.0 Å². The lowest BCUT2D eigenvalue weighted by Crippen LogP contribution is -1.92. The molecule has 0 unspecified atom stereocenters. The van der Waals surface area contributed by atoms with Crippen LogP contribution in [0.2, 0.25) is 0 Å². The fourth-order valence-electron chi connectivity index (χ4n) is 3.42. The maximum absolute atomic E-state index is 11.9. The minimum Gasteiger partial charge on any atom is -0.505 e. The summed E-state index contributed by atoms with van der Waals surface area (Å²) in [5.41, 5.74) is 0. The molecule has 5 aromatic rings. The molecule has 0 aliphatic rings. The van der Waals surface area contributed by atoms with E-state index in [0.717, 1.165) is 43.6 Å². The third kappa shape index (κ3) is 6.18. The van der Waals surface area contributed by atoms with E-state index in [4.69, 9.17) is 0 Å². The van der Waals surface area contributed by atoms with Gasteiger partial charge in [-0.15, -0.1) is 0 Å². The van der Waals surface area contributed by atoms with Crippen molar-refractivity contribution >= 4 is 63.0 Å². The maximum Gasteiger partial charge on any atom is 0.145 e. The van der Waals surface area contributed by atoms with Gasteiger partial charge in [-0.05, 0) is 64.5 Å². The van der Waals surface area contributed by atoms with Crippen LogP contribution in [0, 0.1) is 0 Å². The van der Waals surface area contributed by atoms with Crippen LogP contribution < -0.4 is 0 Å². The molecule has 1 nitrogen and oxygen atoms in total. The first-order valence-electron chi connectivity index (χ1n) is 11.2. The van der Waals surface area contributed by atoms with Gasteiger partial charge in [-0.3, -0.25) is 0 Å². The van der Waals surface area contributed by atoms with Gasteiger partial charge in [0.25, 0.3) is 0 Å². The molecule has 0 fully saturated rings. The molecule has 5 rings (SSSR count). The van der Waals surface area contributed by atoms with E-state index in [1.165, 1.54) is 0 Å². The van der Waals surface area contributed by atoms with E-state index in [-0.39, 0.29) is 0 Å². The van der Waals surface area contributed by atoms with Crippen molar-refractivity contribution in [1.82, 2.24) is 0 Å². The summed E-state index contributed by atoms with van der Waals surface area (Å²) in [7, 11) is 0. The number of hydrogen-bond donors (Lipinski definition) is 1. The predicted octanol–water partition coefficient (Wildman–Crippen LogP) is 10.8. The molecule has 178 valence electrons. The van der Waals surface area contributed by atoms with Gasteiger partial charge >= 0.3 is 0 Å². The minimum atomic E-state index is 0.303. The molecule has 36 heavy (non-hydrogen) atoms. The van der Waals surface area contributed by atoms with Crippen LogP contribution in [0.25, 0.3) is 0 Å². The lowest BCUT2D eigenvalue weighted by Gasteiger charge is -2.21. The lowest BCUT2D eigenvalue weighted by molar-refractivity contribution is 0.441. The van der Waals surface area contributed by atoms with E-state index in [9.17, 15) is 5.11 Å². The lowest BCUT2D eigenvalue weighted by atomic mass is 10.3. The van der Waals surface area contributed by atoms with Gasteiger partial charge in [0.1, 0.15) is 5.75 Å². The minimum absolute atomic E-state index is 0.303. The Labute approximate surface area is 237 Å². The number of phenolic OH excluding ortho intramolecular Hbond substituents is 1. The highest BCUT2D eigenvalue weighted by Crippen LogP contribution is 2.57.